The summed E-state index contributed by atoms with van der Waals surface area (Å²) in [6.07, 6.45) is -5.65. The molecule has 0 radical (unpaired) electrons. The van der Waals surface area contributed by atoms with E-state index in [1.165, 1.54) is 31.2 Å². The normalized spacial score (nSPS) is 12.3. The van der Waals surface area contributed by atoms with Crippen LogP contribution in [0.25, 0.3) is 0 Å². The molecule has 0 saturated heterocycles. The van der Waals surface area contributed by atoms with E-state index in [2.05, 4.69) is 5.32 Å². The zero-order chi connectivity index (χ0) is 18.6. The maximum Gasteiger partial charge on any atom is 0.416 e. The topological polar surface area (TPSA) is 75.6 Å². The van der Waals surface area contributed by atoms with Gasteiger partial charge in [0.1, 0.15) is 5.75 Å². The molecule has 8 heteroatoms. The summed E-state index contributed by atoms with van der Waals surface area (Å²) >= 11 is 0. The van der Waals surface area contributed by atoms with E-state index in [0.29, 0.717) is 0 Å². The van der Waals surface area contributed by atoms with Crippen molar-refractivity contribution in [3.63, 3.8) is 0 Å². The molecule has 0 spiro atoms. The number of aromatic hydroxyl groups is 1. The second-order valence-electron chi connectivity index (χ2n) is 5.16. The van der Waals surface area contributed by atoms with E-state index in [1.807, 2.05) is 0 Å². The van der Waals surface area contributed by atoms with Crippen molar-refractivity contribution in [2.24, 2.45) is 0 Å². The molecule has 0 aliphatic heterocycles. The molecule has 0 unspecified atom stereocenters. The Morgan fingerprint density at radius 1 is 1.12 bits per heavy atom. The molecule has 0 aliphatic carbocycles. The van der Waals surface area contributed by atoms with Crippen molar-refractivity contribution in [3.05, 3.63) is 59.7 Å². The van der Waals surface area contributed by atoms with Gasteiger partial charge in [-0.05, 0) is 49.4 Å². The number of alkyl halides is 3. The first-order valence-electron chi connectivity index (χ1n) is 7.15. The number of hydrogen-bond acceptors (Lipinski definition) is 4. The molecule has 0 fully saturated rings. The van der Waals surface area contributed by atoms with Crippen LogP contribution in [0.2, 0.25) is 0 Å². The summed E-state index contributed by atoms with van der Waals surface area (Å²) in [6, 6.07) is 9.27. The molecule has 132 valence electrons. The van der Waals surface area contributed by atoms with E-state index in [4.69, 9.17) is 4.74 Å². The fourth-order valence-corrected chi connectivity index (χ4v) is 1.90. The molecule has 5 nitrogen and oxygen atoms in total. The van der Waals surface area contributed by atoms with Crippen LogP contribution in [0.4, 0.5) is 18.9 Å². The lowest BCUT2D eigenvalue weighted by molar-refractivity contribution is -0.137. The number of ether oxygens (including phenoxy) is 1. The number of amides is 1. The predicted molar refractivity (Wildman–Crippen MR) is 83.1 cm³/mol. The monoisotopic (exact) mass is 353 g/mol. The Kier molecular flexibility index (Phi) is 5.31. The number of benzene rings is 2. The average Bonchev–Trinajstić information content (AvgIpc) is 2.54. The Morgan fingerprint density at radius 2 is 1.76 bits per heavy atom. The van der Waals surface area contributed by atoms with Crippen molar-refractivity contribution in [1.29, 1.82) is 0 Å². The Morgan fingerprint density at radius 3 is 2.32 bits per heavy atom. The third-order valence-electron chi connectivity index (χ3n) is 3.21. The van der Waals surface area contributed by atoms with Crippen molar-refractivity contribution in [2.75, 3.05) is 5.32 Å². The Labute approximate surface area is 141 Å². The number of anilines is 1. The van der Waals surface area contributed by atoms with Crippen molar-refractivity contribution in [3.8, 4) is 5.75 Å². The first kappa shape index (κ1) is 18.3. The van der Waals surface area contributed by atoms with E-state index in [-0.39, 0.29) is 17.0 Å². The fourth-order valence-electron chi connectivity index (χ4n) is 1.90. The largest absolute Gasteiger partial charge is 0.508 e. The Balaban J connectivity index is 1.97. The lowest BCUT2D eigenvalue weighted by Gasteiger charge is -2.14. The van der Waals surface area contributed by atoms with Crippen LogP contribution in [0.3, 0.4) is 0 Å². The first-order valence-corrected chi connectivity index (χ1v) is 7.15. The van der Waals surface area contributed by atoms with Crippen molar-refractivity contribution < 1.29 is 32.6 Å². The van der Waals surface area contributed by atoms with Crippen LogP contribution in [-0.2, 0) is 15.7 Å². The summed E-state index contributed by atoms with van der Waals surface area (Å²) in [5.74, 6) is -1.64. The number of phenolic OH excluding ortho intramolecular Hbond substituents is 1. The molecule has 2 rings (SSSR count). The zero-order valence-electron chi connectivity index (χ0n) is 13.0. The average molecular weight is 353 g/mol. The van der Waals surface area contributed by atoms with Gasteiger partial charge in [-0.2, -0.15) is 13.2 Å². The van der Waals surface area contributed by atoms with Crippen LogP contribution in [0.15, 0.2) is 48.5 Å². The predicted octanol–water partition coefficient (Wildman–Crippen LogP) is 3.60. The quantitative estimate of drug-likeness (QED) is 0.824. The number of carbonyl (C=O) groups excluding carboxylic acids is 2. The van der Waals surface area contributed by atoms with Gasteiger partial charge in [0.15, 0.2) is 6.10 Å². The molecule has 2 aromatic carbocycles. The molecule has 1 amide bonds. The van der Waals surface area contributed by atoms with Crippen LogP contribution in [0.5, 0.6) is 5.75 Å². The third kappa shape index (κ3) is 4.97. The Bertz CT molecular complexity index is 772. The van der Waals surface area contributed by atoms with Gasteiger partial charge in [-0.25, -0.2) is 4.79 Å². The minimum atomic E-state index is -4.47. The molecule has 1 atom stereocenters. The smallest absolute Gasteiger partial charge is 0.416 e. The zero-order valence-corrected chi connectivity index (χ0v) is 13.0. The van der Waals surface area contributed by atoms with Crippen molar-refractivity contribution >= 4 is 17.6 Å². The molecule has 25 heavy (non-hydrogen) atoms. The second kappa shape index (κ2) is 7.25. The number of nitrogens with one attached hydrogen (secondary N) is 1. The SMILES string of the molecule is C[C@@H](OC(=O)c1cccc(O)c1)C(=O)Nc1ccc(C(F)(F)F)cc1. The van der Waals surface area contributed by atoms with Gasteiger partial charge in [0.2, 0.25) is 0 Å². The van der Waals surface area contributed by atoms with E-state index in [0.717, 1.165) is 24.3 Å². The van der Waals surface area contributed by atoms with Gasteiger partial charge in [0, 0.05) is 5.69 Å². The number of rotatable bonds is 4. The van der Waals surface area contributed by atoms with Crippen LogP contribution < -0.4 is 5.32 Å². The second-order valence-corrected chi connectivity index (χ2v) is 5.16. The summed E-state index contributed by atoms with van der Waals surface area (Å²) in [5.41, 5.74) is -0.638. The van der Waals surface area contributed by atoms with E-state index in [1.54, 1.807) is 0 Å². The highest BCUT2D eigenvalue weighted by atomic mass is 19.4. The molecule has 2 N–H and O–H groups in total. The highest BCUT2D eigenvalue weighted by Crippen LogP contribution is 2.29. The number of carbonyl (C=O) groups is 2. The summed E-state index contributed by atoms with van der Waals surface area (Å²) < 4.78 is 42.4. The lowest BCUT2D eigenvalue weighted by atomic mass is 10.2. The minimum Gasteiger partial charge on any atom is -0.508 e. The molecule has 0 aliphatic rings. The van der Waals surface area contributed by atoms with E-state index >= 15 is 0 Å². The molecule has 0 heterocycles. The van der Waals surface area contributed by atoms with Gasteiger partial charge in [0.05, 0.1) is 11.1 Å². The highest BCUT2D eigenvalue weighted by molar-refractivity contribution is 5.97. The molecule has 0 bridgehead atoms. The molecular formula is C17H14F3NO4. The van der Waals surface area contributed by atoms with Crippen LogP contribution in [0.1, 0.15) is 22.8 Å². The van der Waals surface area contributed by atoms with Gasteiger partial charge in [-0.3, -0.25) is 4.79 Å². The van der Waals surface area contributed by atoms with E-state index < -0.39 is 29.7 Å². The fraction of sp³-hybridized carbons (Fsp3) is 0.176. The first-order chi connectivity index (χ1) is 11.7. The number of halogens is 3. The summed E-state index contributed by atoms with van der Waals surface area (Å²) in [4.78, 5) is 23.8. The van der Waals surface area contributed by atoms with Crippen LogP contribution in [-0.4, -0.2) is 23.1 Å². The molecule has 0 aromatic heterocycles. The standard InChI is InChI=1S/C17H14F3NO4/c1-10(25-16(24)11-3-2-4-14(22)9-11)15(23)21-13-7-5-12(6-8-13)17(18,19)20/h2-10,22H,1H3,(H,21,23)/t10-/m1/s1. The highest BCUT2D eigenvalue weighted by Gasteiger charge is 2.30. The molecule has 2 aromatic rings. The summed E-state index contributed by atoms with van der Waals surface area (Å²) in [7, 11) is 0. The van der Waals surface area contributed by atoms with E-state index in [9.17, 15) is 27.9 Å². The van der Waals surface area contributed by atoms with Gasteiger partial charge < -0.3 is 15.2 Å². The molecular weight excluding hydrogens is 339 g/mol. The minimum absolute atomic E-state index is 0.0641. The summed E-state index contributed by atoms with van der Waals surface area (Å²) in [5, 5.41) is 11.7. The van der Waals surface area contributed by atoms with Crippen molar-refractivity contribution in [1.82, 2.24) is 0 Å². The maximum absolute atomic E-state index is 12.5. The van der Waals surface area contributed by atoms with Crippen LogP contribution >= 0.6 is 0 Å². The van der Waals surface area contributed by atoms with Crippen LogP contribution in [0, 0.1) is 0 Å². The Hall–Kier alpha value is -3.03. The molecule has 0 saturated carbocycles. The van der Waals surface area contributed by atoms with Crippen molar-refractivity contribution in [2.45, 2.75) is 19.2 Å². The lowest BCUT2D eigenvalue weighted by Crippen LogP contribution is -2.30. The number of phenols is 1. The van der Waals surface area contributed by atoms with Gasteiger partial charge in [-0.15, -0.1) is 0 Å². The number of esters is 1. The van der Waals surface area contributed by atoms with Gasteiger partial charge >= 0.3 is 12.1 Å². The third-order valence-corrected chi connectivity index (χ3v) is 3.21. The van der Waals surface area contributed by atoms with Gasteiger partial charge in [-0.1, -0.05) is 6.07 Å². The van der Waals surface area contributed by atoms with Gasteiger partial charge in [0.25, 0.3) is 5.91 Å². The number of hydrogen-bond donors (Lipinski definition) is 2. The summed E-state index contributed by atoms with van der Waals surface area (Å²) in [6.45, 7) is 1.32. The maximum atomic E-state index is 12.5.